The van der Waals surface area contributed by atoms with E-state index >= 15 is 0 Å². The largest absolute Gasteiger partial charge is 0.278 e. The van der Waals surface area contributed by atoms with E-state index < -0.39 is 0 Å². The van der Waals surface area contributed by atoms with Gasteiger partial charge in [-0.1, -0.05) is 0 Å². The van der Waals surface area contributed by atoms with E-state index in [2.05, 4.69) is 35.1 Å². The number of aromatic amines is 1. The molecule has 16 heavy (non-hydrogen) atoms. The Labute approximate surface area is 95.2 Å². The van der Waals surface area contributed by atoms with Gasteiger partial charge in [0.1, 0.15) is 0 Å². The first-order chi connectivity index (χ1) is 7.68. The molecule has 0 aromatic carbocycles. The Morgan fingerprint density at radius 3 is 2.69 bits per heavy atom. The first-order valence-electron chi connectivity index (χ1n) is 5.27. The molecule has 0 amide bonds. The van der Waals surface area contributed by atoms with Gasteiger partial charge in [-0.2, -0.15) is 5.10 Å². The molecular weight excluding hydrogens is 198 g/mol. The third-order valence-electron chi connectivity index (χ3n) is 2.67. The minimum Gasteiger partial charge on any atom is -0.278 e. The highest BCUT2D eigenvalue weighted by Gasteiger charge is 2.03. The summed E-state index contributed by atoms with van der Waals surface area (Å²) in [5.41, 5.74) is 5.80. The van der Waals surface area contributed by atoms with Crippen LogP contribution in [0.5, 0.6) is 0 Å². The number of hydrogen-bond acceptors (Lipinski definition) is 2. The summed E-state index contributed by atoms with van der Waals surface area (Å²) in [6.07, 6.45) is 7.65. The van der Waals surface area contributed by atoms with Crippen LogP contribution in [0.4, 0.5) is 0 Å². The highest BCUT2D eigenvalue weighted by atomic mass is 15.1. The Kier molecular flexibility index (Phi) is 2.86. The molecule has 0 saturated carbocycles. The van der Waals surface area contributed by atoms with E-state index in [-0.39, 0.29) is 0 Å². The Hall–Kier alpha value is -1.90. The maximum absolute atomic E-state index is 4.13. The van der Waals surface area contributed by atoms with Crippen LogP contribution in [0, 0.1) is 13.8 Å². The first-order valence-corrected chi connectivity index (χ1v) is 5.27. The lowest BCUT2D eigenvalue weighted by molar-refractivity contribution is 1.07. The van der Waals surface area contributed by atoms with E-state index in [1.165, 1.54) is 11.1 Å². The number of aromatic nitrogens is 3. The number of rotatable bonds is 2. The summed E-state index contributed by atoms with van der Waals surface area (Å²) in [6.45, 7) is 6.21. The van der Waals surface area contributed by atoms with E-state index in [1.54, 1.807) is 0 Å². The van der Waals surface area contributed by atoms with Gasteiger partial charge in [-0.3, -0.25) is 10.1 Å². The lowest BCUT2D eigenvalue weighted by atomic mass is 10.1. The molecule has 1 N–H and O–H groups in total. The summed E-state index contributed by atoms with van der Waals surface area (Å²) in [4.78, 5) is 4.13. The van der Waals surface area contributed by atoms with Crippen LogP contribution in [0.3, 0.4) is 0 Å². The standard InChI is InChI=1S/C13H15N3/c1-9-4-5-14-8-12(9)6-10(2)13-11(3)7-15-16-13/h4-8H,1-3H3,(H,15,16)/b10-6+. The molecule has 2 aromatic heterocycles. The fraction of sp³-hybridized carbons (Fsp3) is 0.231. The fourth-order valence-corrected chi connectivity index (χ4v) is 1.68. The summed E-state index contributed by atoms with van der Waals surface area (Å²) < 4.78 is 0. The summed E-state index contributed by atoms with van der Waals surface area (Å²) in [6, 6.07) is 2.01. The van der Waals surface area contributed by atoms with E-state index in [1.807, 2.05) is 31.6 Å². The van der Waals surface area contributed by atoms with Crippen molar-refractivity contribution < 1.29 is 0 Å². The second kappa shape index (κ2) is 4.31. The number of aryl methyl sites for hydroxylation is 2. The van der Waals surface area contributed by atoms with Crippen molar-refractivity contribution in [3.05, 3.63) is 47.0 Å². The molecule has 82 valence electrons. The molecule has 3 heteroatoms. The number of hydrogen-bond donors (Lipinski definition) is 1. The van der Waals surface area contributed by atoms with E-state index in [0.29, 0.717) is 0 Å². The molecule has 0 saturated heterocycles. The van der Waals surface area contributed by atoms with Gasteiger partial charge >= 0.3 is 0 Å². The normalized spacial score (nSPS) is 11.8. The van der Waals surface area contributed by atoms with Crippen LogP contribution in [-0.4, -0.2) is 15.2 Å². The molecule has 0 aliphatic rings. The van der Waals surface area contributed by atoms with Crippen molar-refractivity contribution in [2.24, 2.45) is 0 Å². The van der Waals surface area contributed by atoms with Crippen molar-refractivity contribution >= 4 is 11.6 Å². The summed E-state index contributed by atoms with van der Waals surface area (Å²) in [5, 5.41) is 7.03. The minimum absolute atomic E-state index is 1.09. The molecule has 2 heterocycles. The van der Waals surface area contributed by atoms with Gasteiger partial charge in [0.05, 0.1) is 11.9 Å². The highest BCUT2D eigenvalue weighted by molar-refractivity contribution is 5.80. The second-order valence-corrected chi connectivity index (χ2v) is 3.99. The van der Waals surface area contributed by atoms with Crippen LogP contribution in [0.25, 0.3) is 11.6 Å². The number of nitrogens with one attached hydrogen (secondary N) is 1. The van der Waals surface area contributed by atoms with Gasteiger partial charge in [0.2, 0.25) is 0 Å². The average Bonchev–Trinajstić information content (AvgIpc) is 2.68. The van der Waals surface area contributed by atoms with Crippen LogP contribution in [0.1, 0.15) is 29.3 Å². The molecule has 0 unspecified atom stereocenters. The predicted octanol–water partition coefficient (Wildman–Crippen LogP) is 2.98. The molecule has 2 aromatic rings. The number of H-pyrrole nitrogens is 1. The molecule has 0 fully saturated rings. The van der Waals surface area contributed by atoms with Crippen LogP contribution in [-0.2, 0) is 0 Å². The lowest BCUT2D eigenvalue weighted by Gasteiger charge is -2.02. The Morgan fingerprint density at radius 2 is 2.06 bits per heavy atom. The van der Waals surface area contributed by atoms with Crippen LogP contribution in [0.2, 0.25) is 0 Å². The molecule has 0 aliphatic heterocycles. The van der Waals surface area contributed by atoms with Crippen LogP contribution >= 0.6 is 0 Å². The van der Waals surface area contributed by atoms with Crippen LogP contribution < -0.4 is 0 Å². The van der Waals surface area contributed by atoms with Crippen molar-refractivity contribution in [1.29, 1.82) is 0 Å². The molecule has 0 bridgehead atoms. The van der Waals surface area contributed by atoms with Crippen molar-refractivity contribution in [3.8, 4) is 0 Å². The molecule has 0 aliphatic carbocycles. The first kappa shape index (κ1) is 10.6. The Morgan fingerprint density at radius 1 is 1.25 bits per heavy atom. The van der Waals surface area contributed by atoms with E-state index in [0.717, 1.165) is 16.8 Å². The Bertz CT molecular complexity index is 523. The van der Waals surface area contributed by atoms with Gasteiger partial charge in [-0.25, -0.2) is 0 Å². The zero-order valence-electron chi connectivity index (χ0n) is 9.78. The number of pyridine rings is 1. The van der Waals surface area contributed by atoms with Gasteiger partial charge in [0, 0.05) is 12.4 Å². The maximum Gasteiger partial charge on any atom is 0.0636 e. The number of nitrogens with zero attached hydrogens (tertiary/aromatic N) is 2. The molecular formula is C13H15N3. The van der Waals surface area contributed by atoms with E-state index in [9.17, 15) is 0 Å². The molecule has 3 nitrogen and oxygen atoms in total. The van der Waals surface area contributed by atoms with Gasteiger partial charge in [-0.15, -0.1) is 0 Å². The monoisotopic (exact) mass is 213 g/mol. The van der Waals surface area contributed by atoms with Gasteiger partial charge in [0.25, 0.3) is 0 Å². The van der Waals surface area contributed by atoms with Crippen molar-refractivity contribution in [3.63, 3.8) is 0 Å². The zero-order valence-corrected chi connectivity index (χ0v) is 9.78. The molecule has 0 atom stereocenters. The Balaban J connectivity index is 2.39. The lowest BCUT2D eigenvalue weighted by Crippen LogP contribution is -1.86. The highest BCUT2D eigenvalue weighted by Crippen LogP contribution is 2.19. The molecule has 0 spiro atoms. The van der Waals surface area contributed by atoms with Gasteiger partial charge < -0.3 is 0 Å². The number of allylic oxidation sites excluding steroid dienone is 1. The van der Waals surface area contributed by atoms with Gasteiger partial charge in [-0.05, 0) is 55.2 Å². The fourth-order valence-electron chi connectivity index (χ4n) is 1.68. The van der Waals surface area contributed by atoms with Crippen molar-refractivity contribution in [2.45, 2.75) is 20.8 Å². The average molecular weight is 213 g/mol. The minimum atomic E-state index is 1.09. The summed E-state index contributed by atoms with van der Waals surface area (Å²) >= 11 is 0. The zero-order chi connectivity index (χ0) is 11.5. The SMILES string of the molecule is C/C(=C\c1cnccc1C)c1[nH]ncc1C. The maximum atomic E-state index is 4.13. The quantitative estimate of drug-likeness (QED) is 0.833. The third kappa shape index (κ3) is 2.03. The van der Waals surface area contributed by atoms with Crippen molar-refractivity contribution in [1.82, 2.24) is 15.2 Å². The molecule has 0 radical (unpaired) electrons. The van der Waals surface area contributed by atoms with Crippen LogP contribution in [0.15, 0.2) is 24.7 Å². The summed E-state index contributed by atoms with van der Waals surface area (Å²) in [7, 11) is 0. The van der Waals surface area contributed by atoms with Gasteiger partial charge in [0.15, 0.2) is 0 Å². The second-order valence-electron chi connectivity index (χ2n) is 3.99. The smallest absolute Gasteiger partial charge is 0.0636 e. The third-order valence-corrected chi connectivity index (χ3v) is 2.67. The van der Waals surface area contributed by atoms with Crippen molar-refractivity contribution in [2.75, 3.05) is 0 Å². The topological polar surface area (TPSA) is 41.6 Å². The predicted molar refractivity (Wildman–Crippen MR) is 65.8 cm³/mol. The summed E-state index contributed by atoms with van der Waals surface area (Å²) in [5.74, 6) is 0. The van der Waals surface area contributed by atoms with E-state index in [4.69, 9.17) is 0 Å². The molecule has 2 rings (SSSR count).